The summed E-state index contributed by atoms with van der Waals surface area (Å²) in [5.41, 5.74) is 3.82. The first kappa shape index (κ1) is 22.0. The highest BCUT2D eigenvalue weighted by atomic mass is 16.5. The Morgan fingerprint density at radius 3 is 2.65 bits per heavy atom. The molecular weight excluding hydrogens is 390 g/mol. The second-order valence-corrected chi connectivity index (χ2v) is 8.30. The van der Waals surface area contributed by atoms with E-state index in [1.807, 2.05) is 4.68 Å². The fraction of sp³-hybridized carbons (Fsp3) is 0.583. The highest BCUT2D eigenvalue weighted by molar-refractivity contribution is 5.88. The molecule has 3 aromatic rings. The Morgan fingerprint density at radius 1 is 1.10 bits per heavy atom. The van der Waals surface area contributed by atoms with Crippen molar-refractivity contribution >= 4 is 10.9 Å². The number of methoxy groups -OCH3 is 1. The van der Waals surface area contributed by atoms with Crippen molar-refractivity contribution < 1.29 is 9.47 Å². The third-order valence-electron chi connectivity index (χ3n) is 6.42. The lowest BCUT2D eigenvalue weighted by Gasteiger charge is -2.26. The number of hydrogen-bond acceptors (Lipinski definition) is 5. The van der Waals surface area contributed by atoms with E-state index in [-0.39, 0.29) is 0 Å². The fourth-order valence-electron chi connectivity index (χ4n) is 4.50. The second-order valence-electron chi connectivity index (χ2n) is 8.30. The lowest BCUT2D eigenvalue weighted by molar-refractivity contribution is 0.0365. The van der Waals surface area contributed by atoms with Gasteiger partial charge in [0.05, 0.1) is 26.4 Å². The van der Waals surface area contributed by atoms with E-state index < -0.39 is 0 Å². The van der Waals surface area contributed by atoms with Gasteiger partial charge in [0.25, 0.3) is 0 Å². The van der Waals surface area contributed by atoms with Crippen molar-refractivity contribution in [1.82, 2.24) is 24.2 Å². The van der Waals surface area contributed by atoms with Crippen molar-refractivity contribution in [3.63, 3.8) is 0 Å². The lowest BCUT2D eigenvalue weighted by atomic mass is 9.93. The first-order chi connectivity index (χ1) is 15.2. The average molecular weight is 426 g/mol. The van der Waals surface area contributed by atoms with Crippen LogP contribution in [0.4, 0.5) is 0 Å². The predicted molar refractivity (Wildman–Crippen MR) is 123 cm³/mol. The molecule has 1 saturated heterocycles. The van der Waals surface area contributed by atoms with Crippen LogP contribution in [0.15, 0.2) is 30.7 Å². The van der Waals surface area contributed by atoms with E-state index in [2.05, 4.69) is 57.8 Å². The molecule has 1 aliphatic rings. The van der Waals surface area contributed by atoms with Gasteiger partial charge in [-0.1, -0.05) is 13.8 Å². The molecule has 0 N–H and O–H groups in total. The van der Waals surface area contributed by atoms with Gasteiger partial charge in [-0.15, -0.1) is 0 Å². The number of benzene rings is 1. The van der Waals surface area contributed by atoms with Gasteiger partial charge >= 0.3 is 0 Å². The van der Waals surface area contributed by atoms with Gasteiger partial charge in [0.2, 0.25) is 0 Å². The Kier molecular flexibility index (Phi) is 7.37. The van der Waals surface area contributed by atoms with Crippen LogP contribution in [0.25, 0.3) is 22.3 Å². The van der Waals surface area contributed by atoms with Crippen LogP contribution in [0, 0.1) is 0 Å². The molecule has 7 heteroatoms. The van der Waals surface area contributed by atoms with Gasteiger partial charge < -0.3 is 14.0 Å². The first-order valence-electron chi connectivity index (χ1n) is 11.5. The van der Waals surface area contributed by atoms with E-state index in [4.69, 9.17) is 9.47 Å². The van der Waals surface area contributed by atoms with Crippen LogP contribution in [-0.4, -0.2) is 70.8 Å². The number of rotatable bonds is 10. The van der Waals surface area contributed by atoms with Gasteiger partial charge in [-0.2, -0.15) is 5.10 Å². The first-order valence-corrected chi connectivity index (χ1v) is 11.5. The molecule has 168 valence electrons. The van der Waals surface area contributed by atoms with Crippen molar-refractivity contribution in [2.45, 2.75) is 45.7 Å². The Labute approximate surface area is 185 Å². The molecule has 1 fully saturated rings. The maximum atomic E-state index is 5.50. The van der Waals surface area contributed by atoms with Crippen LogP contribution in [0.3, 0.4) is 0 Å². The standard InChI is InChI=1S/C24H35N5O2/c1-4-19(5-2)22-17-28(9-8-27-10-14-31-15-11-27)23-7-6-20(16-21(22)23)24-25-18-29(26-24)12-13-30-3/h6-7,16-19H,4-5,8-15H2,1-3H3. The molecule has 0 atom stereocenters. The zero-order valence-electron chi connectivity index (χ0n) is 19.1. The number of hydrogen-bond donors (Lipinski definition) is 0. The minimum atomic E-state index is 0.564. The molecule has 4 rings (SSSR count). The molecule has 7 nitrogen and oxygen atoms in total. The maximum Gasteiger partial charge on any atom is 0.181 e. The monoisotopic (exact) mass is 425 g/mol. The van der Waals surface area contributed by atoms with Gasteiger partial charge in [-0.05, 0) is 42.5 Å². The molecule has 0 saturated carbocycles. The van der Waals surface area contributed by atoms with E-state index >= 15 is 0 Å². The van der Waals surface area contributed by atoms with Crippen LogP contribution >= 0.6 is 0 Å². The Balaban J connectivity index is 1.64. The summed E-state index contributed by atoms with van der Waals surface area (Å²) < 4.78 is 14.9. The minimum Gasteiger partial charge on any atom is -0.383 e. The predicted octanol–water partition coefficient (Wildman–Crippen LogP) is 3.78. The number of nitrogens with zero attached hydrogens (tertiary/aromatic N) is 5. The van der Waals surface area contributed by atoms with Crippen LogP contribution in [0.5, 0.6) is 0 Å². The summed E-state index contributed by atoms with van der Waals surface area (Å²) in [6.45, 7) is 11.7. The van der Waals surface area contributed by atoms with E-state index in [1.165, 1.54) is 16.5 Å². The van der Waals surface area contributed by atoms with Gasteiger partial charge in [0.1, 0.15) is 6.33 Å². The molecule has 0 aliphatic carbocycles. The summed E-state index contributed by atoms with van der Waals surface area (Å²) in [6.07, 6.45) is 6.46. The topological polar surface area (TPSA) is 57.3 Å². The largest absolute Gasteiger partial charge is 0.383 e. The molecule has 31 heavy (non-hydrogen) atoms. The molecule has 3 heterocycles. The molecule has 0 unspecified atom stereocenters. The SMILES string of the molecule is CCC(CC)c1cn(CCN2CCOCC2)c2ccc(-c3ncn(CCOC)n3)cc12. The highest BCUT2D eigenvalue weighted by Gasteiger charge is 2.18. The quantitative estimate of drug-likeness (QED) is 0.495. The molecule has 2 aromatic heterocycles. The zero-order valence-corrected chi connectivity index (χ0v) is 19.1. The molecule has 0 amide bonds. The van der Waals surface area contributed by atoms with Crippen LogP contribution in [-0.2, 0) is 22.6 Å². The highest BCUT2D eigenvalue weighted by Crippen LogP contribution is 2.34. The molecule has 0 spiro atoms. The third-order valence-corrected chi connectivity index (χ3v) is 6.42. The van der Waals surface area contributed by atoms with Crippen molar-refractivity contribution in [3.8, 4) is 11.4 Å². The van der Waals surface area contributed by atoms with Crippen LogP contribution < -0.4 is 0 Å². The fourth-order valence-corrected chi connectivity index (χ4v) is 4.50. The zero-order chi connectivity index (χ0) is 21.6. The van der Waals surface area contributed by atoms with Gasteiger partial charge in [0.15, 0.2) is 5.82 Å². The van der Waals surface area contributed by atoms with Crippen molar-refractivity contribution in [1.29, 1.82) is 0 Å². The molecule has 1 aliphatic heterocycles. The normalized spacial score (nSPS) is 15.4. The Morgan fingerprint density at radius 2 is 1.90 bits per heavy atom. The van der Waals surface area contributed by atoms with E-state index in [0.29, 0.717) is 19.1 Å². The minimum absolute atomic E-state index is 0.564. The molecule has 0 radical (unpaired) electrons. The number of morpholine rings is 1. The smallest absolute Gasteiger partial charge is 0.181 e. The number of aromatic nitrogens is 4. The van der Waals surface area contributed by atoms with Crippen molar-refractivity contribution in [2.24, 2.45) is 0 Å². The van der Waals surface area contributed by atoms with Gasteiger partial charge in [-0.3, -0.25) is 9.58 Å². The summed E-state index contributed by atoms with van der Waals surface area (Å²) in [6, 6.07) is 6.68. The van der Waals surface area contributed by atoms with Crippen molar-refractivity contribution in [2.75, 3.05) is 46.6 Å². The lowest BCUT2D eigenvalue weighted by Crippen LogP contribution is -2.38. The Bertz CT molecular complexity index is 970. The summed E-state index contributed by atoms with van der Waals surface area (Å²) >= 11 is 0. The summed E-state index contributed by atoms with van der Waals surface area (Å²) in [5.74, 6) is 1.34. The van der Waals surface area contributed by atoms with Gasteiger partial charge in [-0.25, -0.2) is 4.98 Å². The molecular formula is C24H35N5O2. The molecule has 0 bridgehead atoms. The Hall–Kier alpha value is -2.22. The number of fused-ring (bicyclic) bond motifs is 1. The van der Waals surface area contributed by atoms with Crippen molar-refractivity contribution in [3.05, 3.63) is 36.3 Å². The van der Waals surface area contributed by atoms with E-state index in [1.54, 1.807) is 13.4 Å². The summed E-state index contributed by atoms with van der Waals surface area (Å²) in [5, 5.41) is 5.98. The van der Waals surface area contributed by atoms with E-state index in [9.17, 15) is 0 Å². The van der Waals surface area contributed by atoms with Gasteiger partial charge in [0, 0.05) is 56.0 Å². The average Bonchev–Trinajstić information content (AvgIpc) is 3.43. The molecule has 1 aromatic carbocycles. The maximum absolute atomic E-state index is 5.50. The summed E-state index contributed by atoms with van der Waals surface area (Å²) in [4.78, 5) is 7.03. The third kappa shape index (κ3) is 5.00. The number of ether oxygens (including phenoxy) is 2. The summed E-state index contributed by atoms with van der Waals surface area (Å²) in [7, 11) is 1.70. The second kappa shape index (κ2) is 10.4. The van der Waals surface area contributed by atoms with E-state index in [0.717, 1.165) is 63.6 Å². The van der Waals surface area contributed by atoms with Crippen LogP contribution in [0.2, 0.25) is 0 Å². The van der Waals surface area contributed by atoms with Crippen LogP contribution in [0.1, 0.15) is 38.2 Å².